The maximum absolute atomic E-state index is 2.42. The average molecular weight is 680 g/mol. The van der Waals surface area contributed by atoms with Crippen molar-refractivity contribution < 1.29 is 0 Å². The van der Waals surface area contributed by atoms with Crippen LogP contribution in [0.4, 0.5) is 17.1 Å². The monoisotopic (exact) mass is 679 g/mol. The molecule has 10 rings (SSSR count). The first-order valence-corrected chi connectivity index (χ1v) is 18.6. The number of thiophene rings is 1. The second-order valence-electron chi connectivity index (χ2n) is 13.3. The highest BCUT2D eigenvalue weighted by Crippen LogP contribution is 2.44. The molecule has 0 N–H and O–H groups in total. The van der Waals surface area contributed by atoms with Crippen molar-refractivity contribution in [1.29, 1.82) is 0 Å². The zero-order valence-electron chi connectivity index (χ0n) is 28.4. The van der Waals surface area contributed by atoms with Crippen molar-refractivity contribution in [3.8, 4) is 33.4 Å². The summed E-state index contributed by atoms with van der Waals surface area (Å²) < 4.78 is 2.64. The van der Waals surface area contributed by atoms with E-state index in [0.717, 1.165) is 17.1 Å². The van der Waals surface area contributed by atoms with E-state index in [4.69, 9.17) is 0 Å². The molecule has 0 spiro atoms. The first-order chi connectivity index (χ1) is 25.8. The number of fused-ring (bicyclic) bond motifs is 5. The van der Waals surface area contributed by atoms with Crippen LogP contribution in [0.1, 0.15) is 0 Å². The molecule has 0 aliphatic heterocycles. The van der Waals surface area contributed by atoms with E-state index in [1.54, 1.807) is 0 Å². The van der Waals surface area contributed by atoms with E-state index in [-0.39, 0.29) is 0 Å². The van der Waals surface area contributed by atoms with Crippen LogP contribution in [0.25, 0.3) is 75.1 Å². The van der Waals surface area contributed by atoms with Crippen LogP contribution in [-0.4, -0.2) is 0 Å². The number of para-hydroxylation sites is 1. The predicted molar refractivity (Wildman–Crippen MR) is 225 cm³/mol. The lowest BCUT2D eigenvalue weighted by molar-refractivity contribution is 1.28. The third-order valence-corrected chi connectivity index (χ3v) is 11.4. The standard InChI is InChI=1S/C50H33NS/c1-2-14-37-32-39(27-26-34(37)12-1)44-19-5-7-23-47(44)51(41-17-9-16-38(33-41)43-21-10-15-35-13-3-4-18-42(35)43)40-30-28-36(29-31-40)45-22-11-25-49-50(45)46-20-6-8-24-48(46)52-49/h1-33H. The van der Waals surface area contributed by atoms with Crippen LogP contribution in [0.3, 0.4) is 0 Å². The minimum atomic E-state index is 1.11. The number of benzene rings is 9. The predicted octanol–water partition coefficient (Wildman–Crippen LogP) is 14.8. The van der Waals surface area contributed by atoms with Gasteiger partial charge in [-0.05, 0) is 97.9 Å². The van der Waals surface area contributed by atoms with Crippen molar-refractivity contribution in [2.24, 2.45) is 0 Å². The van der Waals surface area contributed by atoms with Gasteiger partial charge in [0.25, 0.3) is 0 Å². The quantitative estimate of drug-likeness (QED) is 0.169. The highest BCUT2D eigenvalue weighted by atomic mass is 32.1. The summed E-state index contributed by atoms with van der Waals surface area (Å²) in [4.78, 5) is 2.42. The van der Waals surface area contributed by atoms with Crippen LogP contribution in [0, 0.1) is 0 Å². The van der Waals surface area contributed by atoms with Gasteiger partial charge in [-0.2, -0.15) is 0 Å². The van der Waals surface area contributed by atoms with Crippen molar-refractivity contribution >= 4 is 70.1 Å². The molecule has 1 aromatic heterocycles. The minimum absolute atomic E-state index is 1.11. The van der Waals surface area contributed by atoms with E-state index in [1.807, 2.05) is 11.3 Å². The molecule has 0 atom stereocenters. The van der Waals surface area contributed by atoms with Crippen molar-refractivity contribution in [2.75, 3.05) is 4.90 Å². The Balaban J connectivity index is 1.15. The van der Waals surface area contributed by atoms with Crippen LogP contribution in [-0.2, 0) is 0 Å². The Hall–Kier alpha value is -6.48. The smallest absolute Gasteiger partial charge is 0.0540 e. The molecule has 52 heavy (non-hydrogen) atoms. The maximum atomic E-state index is 2.42. The number of rotatable bonds is 6. The van der Waals surface area contributed by atoms with Crippen LogP contribution in [0.2, 0.25) is 0 Å². The van der Waals surface area contributed by atoms with Gasteiger partial charge in [-0.15, -0.1) is 11.3 Å². The fourth-order valence-corrected chi connectivity index (χ4v) is 8.92. The van der Waals surface area contributed by atoms with E-state index in [9.17, 15) is 0 Å². The molecule has 2 heteroatoms. The van der Waals surface area contributed by atoms with E-state index in [2.05, 4.69) is 205 Å². The summed E-state index contributed by atoms with van der Waals surface area (Å²) in [5, 5.41) is 7.62. The van der Waals surface area contributed by atoms with Gasteiger partial charge >= 0.3 is 0 Å². The fourth-order valence-electron chi connectivity index (χ4n) is 7.79. The molecule has 0 amide bonds. The topological polar surface area (TPSA) is 3.24 Å². The van der Waals surface area contributed by atoms with Gasteiger partial charge in [-0.25, -0.2) is 0 Å². The van der Waals surface area contributed by atoms with Gasteiger partial charge in [0.05, 0.1) is 5.69 Å². The fraction of sp³-hybridized carbons (Fsp3) is 0. The summed E-state index contributed by atoms with van der Waals surface area (Å²) in [6.45, 7) is 0. The maximum Gasteiger partial charge on any atom is 0.0540 e. The van der Waals surface area contributed by atoms with E-state index >= 15 is 0 Å². The Morgan fingerprint density at radius 3 is 1.85 bits per heavy atom. The highest BCUT2D eigenvalue weighted by molar-refractivity contribution is 7.25. The zero-order chi connectivity index (χ0) is 34.4. The molecular formula is C50H33NS. The molecule has 0 saturated heterocycles. The number of nitrogens with zero attached hydrogens (tertiary/aromatic N) is 1. The SMILES string of the molecule is c1cc(-c2cccc3ccccc23)cc(N(c2ccc(-c3cccc4sc5ccccc5c34)cc2)c2ccccc2-c2ccc3ccccc3c2)c1. The Labute approximate surface area is 307 Å². The lowest BCUT2D eigenvalue weighted by Gasteiger charge is -2.28. The zero-order valence-corrected chi connectivity index (χ0v) is 29.2. The molecule has 0 bridgehead atoms. The van der Waals surface area contributed by atoms with Gasteiger partial charge in [0.2, 0.25) is 0 Å². The molecule has 10 aromatic rings. The molecule has 9 aromatic carbocycles. The van der Waals surface area contributed by atoms with Crippen molar-refractivity contribution in [3.05, 3.63) is 200 Å². The molecule has 0 saturated carbocycles. The number of hydrogen-bond acceptors (Lipinski definition) is 2. The molecule has 1 heterocycles. The summed E-state index contributed by atoms with van der Waals surface area (Å²) >= 11 is 1.86. The Kier molecular flexibility index (Phi) is 7.41. The van der Waals surface area contributed by atoms with Crippen molar-refractivity contribution in [2.45, 2.75) is 0 Å². The summed E-state index contributed by atoms with van der Waals surface area (Å²) in [7, 11) is 0. The number of hydrogen-bond donors (Lipinski definition) is 0. The van der Waals surface area contributed by atoms with E-state index in [0.29, 0.717) is 0 Å². The molecule has 1 nitrogen and oxygen atoms in total. The molecule has 0 unspecified atom stereocenters. The molecule has 244 valence electrons. The van der Waals surface area contributed by atoms with Crippen LogP contribution >= 0.6 is 11.3 Å². The van der Waals surface area contributed by atoms with Crippen molar-refractivity contribution in [1.82, 2.24) is 0 Å². The Morgan fingerprint density at radius 1 is 0.327 bits per heavy atom. The second-order valence-corrected chi connectivity index (χ2v) is 14.4. The van der Waals surface area contributed by atoms with Gasteiger partial charge in [-0.1, -0.05) is 152 Å². The first kappa shape index (κ1) is 30.4. The summed E-state index contributed by atoms with van der Waals surface area (Å²) in [6, 6.07) is 73.0. The summed E-state index contributed by atoms with van der Waals surface area (Å²) in [6.07, 6.45) is 0. The van der Waals surface area contributed by atoms with E-state index in [1.165, 1.54) is 75.1 Å². The van der Waals surface area contributed by atoms with E-state index < -0.39 is 0 Å². The highest BCUT2D eigenvalue weighted by Gasteiger charge is 2.19. The van der Waals surface area contributed by atoms with Gasteiger partial charge in [0, 0.05) is 37.1 Å². The Morgan fingerprint density at radius 2 is 0.942 bits per heavy atom. The van der Waals surface area contributed by atoms with Gasteiger partial charge in [-0.3, -0.25) is 0 Å². The molecule has 0 fully saturated rings. The normalized spacial score (nSPS) is 11.5. The first-order valence-electron chi connectivity index (χ1n) is 17.8. The lowest BCUT2D eigenvalue weighted by atomic mass is 9.96. The summed E-state index contributed by atoms with van der Waals surface area (Å²) in [5.41, 5.74) is 10.6. The third kappa shape index (κ3) is 5.24. The van der Waals surface area contributed by atoms with Gasteiger partial charge in [0.1, 0.15) is 0 Å². The molecule has 0 radical (unpaired) electrons. The van der Waals surface area contributed by atoms with Crippen LogP contribution < -0.4 is 4.90 Å². The number of anilines is 3. The molecular weight excluding hydrogens is 647 g/mol. The average Bonchev–Trinajstić information content (AvgIpc) is 3.60. The molecule has 0 aliphatic rings. The lowest BCUT2D eigenvalue weighted by Crippen LogP contribution is -2.11. The Bertz CT molecular complexity index is 2910. The van der Waals surface area contributed by atoms with Gasteiger partial charge in [0.15, 0.2) is 0 Å². The largest absolute Gasteiger partial charge is 0.310 e. The minimum Gasteiger partial charge on any atom is -0.310 e. The van der Waals surface area contributed by atoms with Gasteiger partial charge < -0.3 is 4.90 Å². The summed E-state index contributed by atoms with van der Waals surface area (Å²) in [5.74, 6) is 0. The third-order valence-electron chi connectivity index (χ3n) is 10.2. The molecule has 0 aliphatic carbocycles. The second kappa shape index (κ2) is 12.7. The van der Waals surface area contributed by atoms with Crippen LogP contribution in [0.15, 0.2) is 200 Å². The van der Waals surface area contributed by atoms with Crippen molar-refractivity contribution in [3.63, 3.8) is 0 Å². The van der Waals surface area contributed by atoms with Crippen LogP contribution in [0.5, 0.6) is 0 Å².